The molecule has 1 aromatic heterocycles. The Kier molecular flexibility index (Phi) is 4.08. The Labute approximate surface area is 85.0 Å². The molecule has 0 aliphatic rings. The molecule has 0 saturated carbocycles. The second-order valence-corrected chi connectivity index (χ2v) is 4.87. The monoisotopic (exact) mass is 249 g/mol. The molecule has 68 valence electrons. The molecule has 0 radical (unpaired) electrons. The van der Waals surface area contributed by atoms with Crippen molar-refractivity contribution in [2.45, 2.75) is 18.3 Å². The van der Waals surface area contributed by atoms with Gasteiger partial charge in [-0.25, -0.2) is 0 Å². The van der Waals surface area contributed by atoms with Gasteiger partial charge in [-0.15, -0.1) is 5.10 Å². The minimum Gasteiger partial charge on any atom is -0.251 e. The topological polar surface area (TPSA) is 30.7 Å². The highest BCUT2D eigenvalue weighted by atomic mass is 79.9. The van der Waals surface area contributed by atoms with E-state index in [1.165, 1.54) is 0 Å². The number of halogens is 1. The van der Waals surface area contributed by atoms with Crippen molar-refractivity contribution in [3.8, 4) is 0 Å². The van der Waals surface area contributed by atoms with Gasteiger partial charge in [-0.05, 0) is 13.2 Å². The number of nitrogens with zero attached hydrogens (tertiary/aromatic N) is 3. The summed E-state index contributed by atoms with van der Waals surface area (Å²) in [6.07, 6.45) is 4.07. The highest BCUT2D eigenvalue weighted by Gasteiger charge is 2.04. The smallest absolute Gasteiger partial charge is 0.0960 e. The lowest BCUT2D eigenvalue weighted by Gasteiger charge is -1.96. The molecule has 0 bridgehead atoms. The van der Waals surface area contributed by atoms with Gasteiger partial charge in [0.25, 0.3) is 0 Å². The molecule has 1 heterocycles. The maximum absolute atomic E-state index is 4.03. The number of aromatic nitrogens is 3. The van der Waals surface area contributed by atoms with Crippen LogP contribution in [0.2, 0.25) is 0 Å². The van der Waals surface area contributed by atoms with Crippen molar-refractivity contribution < 1.29 is 0 Å². The molecule has 1 rings (SSSR count). The van der Waals surface area contributed by atoms with Crippen LogP contribution >= 0.6 is 27.7 Å². The summed E-state index contributed by atoms with van der Waals surface area (Å²) in [4.78, 5) is 0.292. The zero-order valence-electron chi connectivity index (χ0n) is 7.20. The summed E-state index contributed by atoms with van der Waals surface area (Å²) in [5.74, 6) is 1.08. The van der Waals surface area contributed by atoms with Crippen LogP contribution in [0.25, 0.3) is 0 Å². The van der Waals surface area contributed by atoms with E-state index in [-0.39, 0.29) is 0 Å². The molecule has 0 aliphatic heterocycles. The van der Waals surface area contributed by atoms with Crippen molar-refractivity contribution in [2.24, 2.45) is 0 Å². The molecule has 0 fully saturated rings. The van der Waals surface area contributed by atoms with E-state index in [1.54, 1.807) is 0 Å². The predicted molar refractivity (Wildman–Crippen MR) is 55.7 cm³/mol. The van der Waals surface area contributed by atoms with Crippen molar-refractivity contribution in [2.75, 3.05) is 12.0 Å². The van der Waals surface area contributed by atoms with Crippen LogP contribution in [0.3, 0.4) is 0 Å². The van der Waals surface area contributed by atoms with E-state index >= 15 is 0 Å². The molecule has 12 heavy (non-hydrogen) atoms. The fraction of sp³-hybridized carbons (Fsp3) is 0.714. The molecule has 1 atom stereocenters. The van der Waals surface area contributed by atoms with Crippen LogP contribution in [0.4, 0.5) is 0 Å². The van der Waals surface area contributed by atoms with E-state index < -0.39 is 0 Å². The first kappa shape index (κ1) is 10.1. The van der Waals surface area contributed by atoms with Crippen molar-refractivity contribution in [1.29, 1.82) is 0 Å². The number of thioether (sulfide) groups is 1. The summed E-state index contributed by atoms with van der Waals surface area (Å²) in [6.45, 7) is 2.98. The molecular formula is C7H12BrN3S. The molecule has 0 aliphatic carbocycles. The summed E-state index contributed by atoms with van der Waals surface area (Å²) in [6, 6.07) is 0. The highest BCUT2D eigenvalue weighted by molar-refractivity contribution is 9.09. The van der Waals surface area contributed by atoms with Crippen LogP contribution in [0, 0.1) is 0 Å². The minimum absolute atomic E-state index is 0.292. The zero-order valence-corrected chi connectivity index (χ0v) is 9.60. The lowest BCUT2D eigenvalue weighted by atomic mass is 10.4. The third-order valence-electron chi connectivity index (χ3n) is 1.49. The van der Waals surface area contributed by atoms with Crippen molar-refractivity contribution in [3.05, 3.63) is 11.9 Å². The third-order valence-corrected chi connectivity index (χ3v) is 2.55. The van der Waals surface area contributed by atoms with E-state index in [0.29, 0.717) is 4.83 Å². The molecule has 3 nitrogen and oxygen atoms in total. The maximum Gasteiger partial charge on any atom is 0.0960 e. The van der Waals surface area contributed by atoms with Crippen LogP contribution < -0.4 is 0 Å². The van der Waals surface area contributed by atoms with Crippen molar-refractivity contribution >= 4 is 27.7 Å². The van der Waals surface area contributed by atoms with Gasteiger partial charge in [0.2, 0.25) is 0 Å². The van der Waals surface area contributed by atoms with E-state index in [0.717, 1.165) is 18.0 Å². The Morgan fingerprint density at radius 3 is 3.00 bits per heavy atom. The first-order valence-electron chi connectivity index (χ1n) is 3.77. The van der Waals surface area contributed by atoms with Gasteiger partial charge < -0.3 is 0 Å². The zero-order chi connectivity index (χ0) is 8.97. The maximum atomic E-state index is 4.03. The summed E-state index contributed by atoms with van der Waals surface area (Å²) in [5, 5.41) is 8.02. The van der Waals surface area contributed by atoms with E-state index in [4.69, 9.17) is 0 Å². The van der Waals surface area contributed by atoms with Crippen molar-refractivity contribution in [3.63, 3.8) is 0 Å². The average Bonchev–Trinajstić information content (AvgIpc) is 2.48. The van der Waals surface area contributed by atoms with Crippen LogP contribution in [-0.4, -0.2) is 27.0 Å². The predicted octanol–water partition coefficient (Wildman–Crippen LogP) is 2.10. The Hall–Kier alpha value is -0.0300. The molecule has 0 spiro atoms. The number of alkyl halides is 1. The fourth-order valence-corrected chi connectivity index (χ4v) is 1.37. The lowest BCUT2D eigenvalue weighted by Crippen LogP contribution is -2.00. The van der Waals surface area contributed by atoms with Gasteiger partial charge in [0, 0.05) is 11.9 Å². The van der Waals surface area contributed by atoms with Gasteiger partial charge in [-0.2, -0.15) is 11.8 Å². The van der Waals surface area contributed by atoms with Gasteiger partial charge >= 0.3 is 0 Å². The number of rotatable bonds is 4. The minimum atomic E-state index is 0.292. The van der Waals surface area contributed by atoms with Gasteiger partial charge in [-0.1, -0.05) is 21.1 Å². The highest BCUT2D eigenvalue weighted by Crippen LogP contribution is 2.17. The standard InChI is InChI=1S/C7H12BrN3S/c1-6(8)7-5-11(10-9-7)3-4-12-2/h5-6H,3-4H2,1-2H3. The molecule has 1 unspecified atom stereocenters. The van der Waals surface area contributed by atoms with E-state index in [2.05, 4.69) is 32.5 Å². The van der Waals surface area contributed by atoms with Crippen LogP contribution in [0.15, 0.2) is 6.20 Å². The fourth-order valence-electron chi connectivity index (χ4n) is 0.790. The number of hydrogen-bond acceptors (Lipinski definition) is 3. The van der Waals surface area contributed by atoms with Gasteiger partial charge in [0.1, 0.15) is 0 Å². The first-order valence-corrected chi connectivity index (χ1v) is 6.08. The van der Waals surface area contributed by atoms with Crippen molar-refractivity contribution in [1.82, 2.24) is 15.0 Å². The van der Waals surface area contributed by atoms with E-state index in [1.807, 2.05) is 29.6 Å². The molecule has 5 heteroatoms. The molecule has 1 aromatic rings. The quantitative estimate of drug-likeness (QED) is 0.767. The number of aryl methyl sites for hydroxylation is 1. The van der Waals surface area contributed by atoms with E-state index in [9.17, 15) is 0 Å². The average molecular weight is 250 g/mol. The van der Waals surface area contributed by atoms with Crippen LogP contribution in [0.1, 0.15) is 17.4 Å². The van der Waals surface area contributed by atoms with Crippen LogP contribution in [0.5, 0.6) is 0 Å². The number of hydrogen-bond donors (Lipinski definition) is 0. The molecular weight excluding hydrogens is 238 g/mol. The Morgan fingerprint density at radius 2 is 2.50 bits per heavy atom. The van der Waals surface area contributed by atoms with Crippen LogP contribution in [-0.2, 0) is 6.54 Å². The lowest BCUT2D eigenvalue weighted by molar-refractivity contribution is 0.632. The summed E-state index contributed by atoms with van der Waals surface area (Å²) in [5.41, 5.74) is 0.996. The Balaban J connectivity index is 2.52. The molecule has 0 N–H and O–H groups in total. The normalized spacial score (nSPS) is 13.2. The SMILES string of the molecule is CSCCn1cc(C(C)Br)nn1. The second-order valence-electron chi connectivity index (χ2n) is 2.52. The third kappa shape index (κ3) is 2.79. The summed E-state index contributed by atoms with van der Waals surface area (Å²) >= 11 is 5.26. The largest absolute Gasteiger partial charge is 0.251 e. The summed E-state index contributed by atoms with van der Waals surface area (Å²) < 4.78 is 1.88. The molecule has 0 saturated heterocycles. The Morgan fingerprint density at radius 1 is 1.75 bits per heavy atom. The second kappa shape index (κ2) is 4.87. The van der Waals surface area contributed by atoms with Gasteiger partial charge in [0.05, 0.1) is 17.1 Å². The first-order chi connectivity index (χ1) is 5.74. The Bertz CT molecular complexity index is 236. The molecule has 0 amide bonds. The summed E-state index contributed by atoms with van der Waals surface area (Å²) in [7, 11) is 0. The molecule has 0 aromatic carbocycles. The van der Waals surface area contributed by atoms with Gasteiger partial charge in [-0.3, -0.25) is 4.68 Å². The van der Waals surface area contributed by atoms with Gasteiger partial charge in [0.15, 0.2) is 0 Å².